The van der Waals surface area contributed by atoms with Crippen LogP contribution in [0.3, 0.4) is 0 Å². The molecule has 25 heavy (non-hydrogen) atoms. The average Bonchev–Trinajstić information content (AvgIpc) is 2.52. The summed E-state index contributed by atoms with van der Waals surface area (Å²) in [5.74, 6) is -1.69. The first kappa shape index (κ1) is 19.0. The first-order chi connectivity index (χ1) is 11.5. The number of pyridine rings is 1. The van der Waals surface area contributed by atoms with E-state index in [4.69, 9.17) is 16.9 Å². The summed E-state index contributed by atoms with van der Waals surface area (Å²) in [5.41, 5.74) is -3.57. The fourth-order valence-electron chi connectivity index (χ4n) is 2.65. The lowest BCUT2D eigenvalue weighted by Gasteiger charge is -2.37. The van der Waals surface area contributed by atoms with Crippen LogP contribution in [0.1, 0.15) is 35.2 Å². The Hall–Kier alpha value is -2.30. The third-order valence-corrected chi connectivity index (χ3v) is 4.46. The quantitative estimate of drug-likeness (QED) is 0.850. The summed E-state index contributed by atoms with van der Waals surface area (Å²) in [4.78, 5) is 3.69. The maximum Gasteiger partial charge on any atom is 0.422 e. The molecule has 1 aromatic heterocycles. The second-order valence-electron chi connectivity index (χ2n) is 5.69. The van der Waals surface area contributed by atoms with Crippen LogP contribution in [0.25, 0.3) is 0 Å². The molecule has 2 atom stereocenters. The molecule has 2 unspecified atom stereocenters. The number of rotatable bonds is 3. The lowest BCUT2D eigenvalue weighted by molar-refractivity contribution is -0.274. The first-order valence-electron chi connectivity index (χ1n) is 7.17. The van der Waals surface area contributed by atoms with E-state index < -0.39 is 23.3 Å². The molecule has 1 heterocycles. The summed E-state index contributed by atoms with van der Waals surface area (Å²) in [6, 6.07) is 6.37. The number of phenols is 1. The average molecular weight is 371 g/mol. The zero-order valence-corrected chi connectivity index (χ0v) is 14.0. The number of aromatic hydroxyl groups is 1. The van der Waals surface area contributed by atoms with Gasteiger partial charge in [-0.3, -0.25) is 0 Å². The molecule has 132 valence electrons. The van der Waals surface area contributed by atoms with Gasteiger partial charge in [0.1, 0.15) is 17.5 Å². The standard InChI is InChI=1S/C17H14ClF3N2O2/c1-9-5-11(8-23-15(9)7-22)16(25,17(19,20)21)10(2)13-4-3-12(24)6-14(13)18/h3-6,8,10,24-25H,1-2H3. The van der Waals surface area contributed by atoms with Crippen LogP contribution >= 0.6 is 11.6 Å². The van der Waals surface area contributed by atoms with Crippen LogP contribution in [0.2, 0.25) is 5.02 Å². The molecule has 0 aliphatic rings. The third kappa shape index (κ3) is 3.28. The Labute approximate surface area is 147 Å². The van der Waals surface area contributed by atoms with Crippen molar-refractivity contribution in [3.05, 3.63) is 57.9 Å². The Morgan fingerprint density at radius 3 is 2.40 bits per heavy atom. The minimum atomic E-state index is -5.03. The first-order valence-corrected chi connectivity index (χ1v) is 7.55. The molecule has 0 radical (unpaired) electrons. The van der Waals surface area contributed by atoms with Gasteiger partial charge in [0.2, 0.25) is 0 Å². The molecular weight excluding hydrogens is 357 g/mol. The van der Waals surface area contributed by atoms with Crippen molar-refractivity contribution in [3.8, 4) is 11.8 Å². The molecule has 1 aromatic carbocycles. The molecular formula is C17H14ClF3N2O2. The van der Waals surface area contributed by atoms with E-state index in [0.717, 1.165) is 18.3 Å². The molecule has 0 aliphatic heterocycles. The molecule has 0 aliphatic carbocycles. The normalized spacial score (nSPS) is 15.3. The molecule has 2 aromatic rings. The number of halogens is 4. The van der Waals surface area contributed by atoms with Crippen LogP contribution in [0.4, 0.5) is 13.2 Å². The van der Waals surface area contributed by atoms with E-state index in [2.05, 4.69) is 4.98 Å². The van der Waals surface area contributed by atoms with Gasteiger partial charge >= 0.3 is 6.18 Å². The third-order valence-electron chi connectivity index (χ3n) is 4.13. The van der Waals surface area contributed by atoms with Gasteiger partial charge in [-0.15, -0.1) is 0 Å². The van der Waals surface area contributed by atoms with Gasteiger partial charge in [0.15, 0.2) is 5.60 Å². The summed E-state index contributed by atoms with van der Waals surface area (Å²) < 4.78 is 41.4. The number of benzene rings is 1. The van der Waals surface area contributed by atoms with Gasteiger partial charge in [-0.05, 0) is 36.2 Å². The number of aromatic nitrogens is 1. The highest BCUT2D eigenvalue weighted by Gasteiger charge is 2.59. The highest BCUT2D eigenvalue weighted by atomic mass is 35.5. The molecule has 4 nitrogen and oxygen atoms in total. The van der Waals surface area contributed by atoms with Crippen molar-refractivity contribution in [1.29, 1.82) is 5.26 Å². The number of nitrogens with zero attached hydrogens (tertiary/aromatic N) is 2. The van der Waals surface area contributed by atoms with E-state index in [0.29, 0.717) is 0 Å². The maximum atomic E-state index is 13.8. The number of alkyl halides is 3. The van der Waals surface area contributed by atoms with Crippen LogP contribution in [0.5, 0.6) is 5.75 Å². The number of nitriles is 1. The topological polar surface area (TPSA) is 77.1 Å². The van der Waals surface area contributed by atoms with Crippen molar-refractivity contribution in [2.24, 2.45) is 0 Å². The van der Waals surface area contributed by atoms with Crippen molar-refractivity contribution < 1.29 is 23.4 Å². The number of hydrogen-bond donors (Lipinski definition) is 2. The molecule has 0 fully saturated rings. The lowest BCUT2D eigenvalue weighted by Crippen LogP contribution is -2.46. The largest absolute Gasteiger partial charge is 0.508 e. The van der Waals surface area contributed by atoms with Crippen molar-refractivity contribution in [2.45, 2.75) is 31.5 Å². The number of aryl methyl sites for hydroxylation is 1. The Balaban J connectivity index is 2.66. The van der Waals surface area contributed by atoms with Gasteiger partial charge < -0.3 is 10.2 Å². The Morgan fingerprint density at radius 2 is 1.92 bits per heavy atom. The monoisotopic (exact) mass is 370 g/mol. The summed E-state index contributed by atoms with van der Waals surface area (Å²) in [5, 5.41) is 28.8. The predicted molar refractivity (Wildman–Crippen MR) is 85.2 cm³/mol. The zero-order chi connectivity index (χ0) is 19.0. The van der Waals surface area contributed by atoms with Gasteiger partial charge in [0.05, 0.1) is 0 Å². The minimum absolute atomic E-state index is 0.0151. The van der Waals surface area contributed by atoms with E-state index in [1.54, 1.807) is 6.07 Å². The van der Waals surface area contributed by atoms with Gasteiger partial charge in [0, 0.05) is 22.7 Å². The number of phenolic OH excluding ortho intramolecular Hbond substituents is 1. The van der Waals surface area contributed by atoms with Gasteiger partial charge in [-0.1, -0.05) is 24.6 Å². The number of hydrogen-bond acceptors (Lipinski definition) is 4. The van der Waals surface area contributed by atoms with Crippen LogP contribution in [-0.2, 0) is 5.60 Å². The van der Waals surface area contributed by atoms with Gasteiger partial charge in [0.25, 0.3) is 0 Å². The fraction of sp³-hybridized carbons (Fsp3) is 0.294. The number of aliphatic hydroxyl groups is 1. The molecule has 8 heteroatoms. The van der Waals surface area contributed by atoms with Crippen LogP contribution in [0, 0.1) is 18.3 Å². The highest BCUT2D eigenvalue weighted by molar-refractivity contribution is 6.31. The summed E-state index contributed by atoms with van der Waals surface area (Å²) in [6.07, 6.45) is -4.19. The second kappa shape index (κ2) is 6.54. The minimum Gasteiger partial charge on any atom is -0.508 e. The molecule has 2 N–H and O–H groups in total. The zero-order valence-electron chi connectivity index (χ0n) is 13.3. The van der Waals surface area contributed by atoms with Gasteiger partial charge in [-0.2, -0.15) is 18.4 Å². The fourth-order valence-corrected chi connectivity index (χ4v) is 2.99. The lowest BCUT2D eigenvalue weighted by atomic mass is 9.78. The van der Waals surface area contributed by atoms with Crippen molar-refractivity contribution in [1.82, 2.24) is 4.98 Å². The van der Waals surface area contributed by atoms with Crippen LogP contribution in [-0.4, -0.2) is 21.4 Å². The van der Waals surface area contributed by atoms with E-state index in [1.165, 1.54) is 26.0 Å². The summed E-state index contributed by atoms with van der Waals surface area (Å²) in [7, 11) is 0. The van der Waals surface area contributed by atoms with E-state index in [-0.39, 0.29) is 27.6 Å². The Kier molecular flexibility index (Phi) is 4.98. The van der Waals surface area contributed by atoms with Crippen molar-refractivity contribution in [3.63, 3.8) is 0 Å². The molecule has 0 spiro atoms. The predicted octanol–water partition coefficient (Wildman–Crippen LogP) is 4.17. The van der Waals surface area contributed by atoms with Crippen LogP contribution in [0.15, 0.2) is 30.5 Å². The smallest absolute Gasteiger partial charge is 0.422 e. The van der Waals surface area contributed by atoms with Crippen molar-refractivity contribution >= 4 is 11.6 Å². The summed E-state index contributed by atoms with van der Waals surface area (Å²) >= 11 is 5.95. The summed E-state index contributed by atoms with van der Waals surface area (Å²) in [6.45, 7) is 2.61. The van der Waals surface area contributed by atoms with E-state index in [9.17, 15) is 23.4 Å². The SMILES string of the molecule is Cc1cc(C(O)(C(C)c2ccc(O)cc2Cl)C(F)(F)F)cnc1C#N. The maximum absolute atomic E-state index is 13.8. The molecule has 2 rings (SSSR count). The Bertz CT molecular complexity index is 849. The van der Waals surface area contributed by atoms with Crippen LogP contribution < -0.4 is 0 Å². The van der Waals surface area contributed by atoms with E-state index in [1.807, 2.05) is 0 Å². The second-order valence-corrected chi connectivity index (χ2v) is 6.10. The highest BCUT2D eigenvalue weighted by Crippen LogP contribution is 2.50. The molecule has 0 bridgehead atoms. The van der Waals surface area contributed by atoms with Gasteiger partial charge in [-0.25, -0.2) is 4.98 Å². The molecule has 0 saturated carbocycles. The molecule has 0 saturated heterocycles. The van der Waals surface area contributed by atoms with E-state index >= 15 is 0 Å². The Morgan fingerprint density at radius 1 is 1.28 bits per heavy atom. The van der Waals surface area contributed by atoms with Crippen molar-refractivity contribution in [2.75, 3.05) is 0 Å². The molecule has 0 amide bonds.